The minimum absolute atomic E-state index is 0. The molecular formula is H2CoCuSZn. The van der Waals surface area contributed by atoms with Gasteiger partial charge in [0.15, 0.2) is 0 Å². The van der Waals surface area contributed by atoms with Gasteiger partial charge in [-0.05, 0) is 0 Å². The Labute approximate surface area is 66.4 Å². The summed E-state index contributed by atoms with van der Waals surface area (Å²) in [5.74, 6) is 0. The van der Waals surface area contributed by atoms with E-state index in [0.717, 1.165) is 0 Å². The molecule has 30 valence electrons. The van der Waals surface area contributed by atoms with Gasteiger partial charge in [0.05, 0.1) is 0 Å². The van der Waals surface area contributed by atoms with Gasteiger partial charge in [0.1, 0.15) is 0 Å². The van der Waals surface area contributed by atoms with Gasteiger partial charge in [-0.15, -0.1) is 0 Å². The van der Waals surface area contributed by atoms with Crippen LogP contribution in [0.25, 0.3) is 0 Å². The summed E-state index contributed by atoms with van der Waals surface area (Å²) < 4.78 is 0. The number of rotatable bonds is 0. The topological polar surface area (TPSA) is 0 Å². The van der Waals surface area contributed by atoms with Crippen LogP contribution in [-0.4, -0.2) is 0 Å². The zero-order valence-corrected chi connectivity index (χ0v) is 7.79. The van der Waals surface area contributed by atoms with Gasteiger partial charge < -0.3 is 0 Å². The standard InChI is InChI=1S/Co.Cu.H2S.Zn/h;;1H2;. The van der Waals surface area contributed by atoms with E-state index < -0.39 is 0 Å². The molecule has 0 nitrogen and oxygen atoms in total. The first kappa shape index (κ1) is 37.5. The molecule has 0 rings (SSSR count). The molecular weight excluding hydrogens is 220 g/mol. The molecule has 0 saturated heterocycles. The minimum Gasteiger partial charge on any atom is -0.197 e. The number of hydrogen-bond acceptors (Lipinski definition) is 0. The first-order chi connectivity index (χ1) is 0. The van der Waals surface area contributed by atoms with Crippen LogP contribution in [0.15, 0.2) is 0 Å². The molecule has 0 atom stereocenters. The summed E-state index contributed by atoms with van der Waals surface area (Å²) in [4.78, 5) is 0. The van der Waals surface area contributed by atoms with E-state index >= 15 is 0 Å². The van der Waals surface area contributed by atoms with Crippen LogP contribution >= 0.6 is 13.5 Å². The molecule has 0 amide bonds. The molecule has 4 heavy (non-hydrogen) atoms. The van der Waals surface area contributed by atoms with E-state index in [2.05, 4.69) is 0 Å². The largest absolute Gasteiger partial charge is 0.197 e. The van der Waals surface area contributed by atoms with Crippen molar-refractivity contribution in [3.63, 3.8) is 0 Å². The van der Waals surface area contributed by atoms with Gasteiger partial charge in [-0.3, -0.25) is 0 Å². The SMILES string of the molecule is S.[Co].[Cu].[Zn]. The van der Waals surface area contributed by atoms with E-state index in [1.54, 1.807) is 0 Å². The van der Waals surface area contributed by atoms with Crippen LogP contribution in [0.3, 0.4) is 0 Å². The van der Waals surface area contributed by atoms with E-state index in [9.17, 15) is 0 Å². The second kappa shape index (κ2) is 20.0. The molecule has 4 heteroatoms. The summed E-state index contributed by atoms with van der Waals surface area (Å²) in [5, 5.41) is 0. The van der Waals surface area contributed by atoms with Crippen LogP contribution in [0, 0.1) is 0 Å². The van der Waals surface area contributed by atoms with Crippen molar-refractivity contribution in [3.05, 3.63) is 0 Å². The minimum atomic E-state index is 0. The molecule has 0 aromatic heterocycles. The second-order valence-corrected chi connectivity index (χ2v) is 0. The van der Waals surface area contributed by atoms with Crippen molar-refractivity contribution in [2.45, 2.75) is 0 Å². The Bertz CT molecular complexity index is 8.00. The first-order valence-electron chi connectivity index (χ1n) is 0. The van der Waals surface area contributed by atoms with Crippen molar-refractivity contribution in [1.82, 2.24) is 0 Å². The Kier molecular flexibility index (Phi) is 188. The van der Waals surface area contributed by atoms with Gasteiger partial charge in [0.2, 0.25) is 0 Å². The Morgan fingerprint density at radius 3 is 1.00 bits per heavy atom. The monoisotopic (exact) mass is 220 g/mol. The van der Waals surface area contributed by atoms with Gasteiger partial charge in [0.25, 0.3) is 0 Å². The van der Waals surface area contributed by atoms with Crippen molar-refractivity contribution in [1.29, 1.82) is 0 Å². The third-order valence-corrected chi connectivity index (χ3v) is 0. The van der Waals surface area contributed by atoms with Gasteiger partial charge in [0, 0.05) is 53.3 Å². The van der Waals surface area contributed by atoms with Crippen LogP contribution < -0.4 is 0 Å². The molecule has 0 aliphatic rings. The third kappa shape index (κ3) is 9.00. The van der Waals surface area contributed by atoms with Gasteiger partial charge in [-0.1, -0.05) is 0 Å². The maximum atomic E-state index is 0. The van der Waals surface area contributed by atoms with Gasteiger partial charge in [-0.25, -0.2) is 0 Å². The Hall–Kier alpha value is 2.00. The maximum Gasteiger partial charge on any atom is 0 e. The fourth-order valence-electron chi connectivity index (χ4n) is 0. The molecule has 0 saturated carbocycles. The maximum absolute atomic E-state index is 0. The smallest absolute Gasteiger partial charge is 0 e. The Morgan fingerprint density at radius 2 is 1.00 bits per heavy atom. The van der Waals surface area contributed by atoms with Gasteiger partial charge >= 0.3 is 0 Å². The van der Waals surface area contributed by atoms with E-state index in [-0.39, 0.29) is 66.8 Å². The van der Waals surface area contributed by atoms with Crippen LogP contribution in [0.5, 0.6) is 0 Å². The summed E-state index contributed by atoms with van der Waals surface area (Å²) in [6.45, 7) is 0. The van der Waals surface area contributed by atoms with Crippen molar-refractivity contribution < 1.29 is 53.3 Å². The van der Waals surface area contributed by atoms with E-state index in [1.807, 2.05) is 0 Å². The Morgan fingerprint density at radius 1 is 1.00 bits per heavy atom. The molecule has 0 bridgehead atoms. The summed E-state index contributed by atoms with van der Waals surface area (Å²) in [5.41, 5.74) is 0. The van der Waals surface area contributed by atoms with Crippen LogP contribution in [0.4, 0.5) is 0 Å². The van der Waals surface area contributed by atoms with Crippen LogP contribution in [-0.2, 0) is 53.3 Å². The molecule has 0 N–H and O–H groups in total. The van der Waals surface area contributed by atoms with Crippen LogP contribution in [0.1, 0.15) is 0 Å². The Balaban J connectivity index is 0. The van der Waals surface area contributed by atoms with E-state index in [0.29, 0.717) is 0 Å². The second-order valence-electron chi connectivity index (χ2n) is 0. The molecule has 0 aromatic carbocycles. The molecule has 0 aromatic rings. The summed E-state index contributed by atoms with van der Waals surface area (Å²) >= 11 is 0. The molecule has 0 aliphatic carbocycles. The zero-order chi connectivity index (χ0) is 0. The zero-order valence-electron chi connectivity index (χ0n) is 1.84. The first-order valence-corrected chi connectivity index (χ1v) is 0. The quantitative estimate of drug-likeness (QED) is 0.510. The fraction of sp³-hybridized carbons (Fsp3) is 0. The van der Waals surface area contributed by atoms with Crippen molar-refractivity contribution >= 4 is 13.5 Å². The molecule has 0 heterocycles. The molecule has 0 unspecified atom stereocenters. The molecule has 0 spiro atoms. The predicted molar refractivity (Wildman–Crippen MR) is 10.4 cm³/mol. The van der Waals surface area contributed by atoms with Crippen molar-refractivity contribution in [2.75, 3.05) is 0 Å². The van der Waals surface area contributed by atoms with Crippen molar-refractivity contribution in [3.8, 4) is 0 Å². The normalized spacial score (nSPS) is 0. The average Bonchev–Trinajstić information content (AvgIpc) is 0. The van der Waals surface area contributed by atoms with Crippen molar-refractivity contribution in [2.24, 2.45) is 0 Å². The average molecular weight is 222 g/mol. The number of hydrogen-bond donors (Lipinski definition) is 0. The predicted octanol–water partition coefficient (Wildman–Crippen LogP) is 0.105. The van der Waals surface area contributed by atoms with E-state index in [1.165, 1.54) is 0 Å². The molecule has 0 fully saturated rings. The van der Waals surface area contributed by atoms with Crippen LogP contribution in [0.2, 0.25) is 0 Å². The van der Waals surface area contributed by atoms with E-state index in [4.69, 9.17) is 0 Å². The van der Waals surface area contributed by atoms with Gasteiger partial charge in [-0.2, -0.15) is 13.5 Å². The molecule has 2 radical (unpaired) electrons. The molecule has 0 aliphatic heterocycles. The fourth-order valence-corrected chi connectivity index (χ4v) is 0. The summed E-state index contributed by atoms with van der Waals surface area (Å²) in [6.07, 6.45) is 0. The summed E-state index contributed by atoms with van der Waals surface area (Å²) in [6, 6.07) is 0. The third-order valence-electron chi connectivity index (χ3n) is 0. The summed E-state index contributed by atoms with van der Waals surface area (Å²) in [7, 11) is 0.